The Balaban J connectivity index is 1.69. The molecule has 0 atom stereocenters. The topological polar surface area (TPSA) is 21.1 Å². The van der Waals surface area contributed by atoms with Crippen molar-refractivity contribution in [3.05, 3.63) is 52.6 Å². The van der Waals surface area contributed by atoms with Crippen molar-refractivity contribution in [2.24, 2.45) is 0 Å². The van der Waals surface area contributed by atoms with Crippen LogP contribution in [0.2, 0.25) is 5.02 Å². The van der Waals surface area contributed by atoms with E-state index >= 15 is 0 Å². The third kappa shape index (κ3) is 3.66. The molecule has 0 spiro atoms. The molecule has 0 amide bonds. The molecule has 0 N–H and O–H groups in total. The first-order valence-corrected chi connectivity index (χ1v) is 8.07. The minimum Gasteiger partial charge on any atom is -0.331 e. The lowest BCUT2D eigenvalue weighted by molar-refractivity contribution is 0.221. The summed E-state index contributed by atoms with van der Waals surface area (Å²) in [7, 11) is 0. The summed E-state index contributed by atoms with van der Waals surface area (Å²) in [6.45, 7) is 6.25. The van der Waals surface area contributed by atoms with Crippen LogP contribution in [0.5, 0.6) is 0 Å². The summed E-state index contributed by atoms with van der Waals surface area (Å²) < 4.78 is 2.12. The highest BCUT2D eigenvalue weighted by Crippen LogP contribution is 2.21. The molecule has 2 aromatic rings. The first-order valence-electron chi connectivity index (χ1n) is 7.70. The SMILES string of the molecule is Cc1nccn1Cc1ccc(CN2CCCCC2)cc1Cl. The van der Waals surface area contributed by atoms with Gasteiger partial charge in [0.2, 0.25) is 0 Å². The van der Waals surface area contributed by atoms with E-state index in [0.29, 0.717) is 0 Å². The monoisotopic (exact) mass is 303 g/mol. The molecule has 1 aliphatic heterocycles. The van der Waals surface area contributed by atoms with Crippen LogP contribution in [-0.2, 0) is 13.1 Å². The Morgan fingerprint density at radius 3 is 2.62 bits per heavy atom. The number of hydrogen-bond donors (Lipinski definition) is 0. The van der Waals surface area contributed by atoms with E-state index in [9.17, 15) is 0 Å². The fraction of sp³-hybridized carbons (Fsp3) is 0.471. The molecule has 0 saturated carbocycles. The van der Waals surface area contributed by atoms with Crippen LogP contribution in [0, 0.1) is 6.92 Å². The molecule has 1 aromatic carbocycles. The van der Waals surface area contributed by atoms with Crippen LogP contribution in [0.4, 0.5) is 0 Å². The lowest BCUT2D eigenvalue weighted by atomic mass is 10.1. The van der Waals surface area contributed by atoms with Gasteiger partial charge >= 0.3 is 0 Å². The molecular weight excluding hydrogens is 282 g/mol. The maximum Gasteiger partial charge on any atom is 0.105 e. The van der Waals surface area contributed by atoms with E-state index in [-0.39, 0.29) is 0 Å². The zero-order valence-corrected chi connectivity index (χ0v) is 13.3. The quantitative estimate of drug-likeness (QED) is 0.854. The average Bonchev–Trinajstić information content (AvgIpc) is 2.88. The highest BCUT2D eigenvalue weighted by atomic mass is 35.5. The first-order chi connectivity index (χ1) is 10.2. The molecular formula is C17H22ClN3. The van der Waals surface area contributed by atoms with Crippen molar-refractivity contribution in [2.45, 2.75) is 39.3 Å². The summed E-state index contributed by atoms with van der Waals surface area (Å²) in [5.41, 5.74) is 2.47. The Morgan fingerprint density at radius 2 is 1.95 bits per heavy atom. The fourth-order valence-corrected chi connectivity index (χ4v) is 3.21. The number of rotatable bonds is 4. The van der Waals surface area contributed by atoms with Crippen molar-refractivity contribution in [3.8, 4) is 0 Å². The molecule has 1 fully saturated rings. The molecule has 0 radical (unpaired) electrons. The number of nitrogens with zero attached hydrogens (tertiary/aromatic N) is 3. The van der Waals surface area contributed by atoms with Gasteiger partial charge in [0.05, 0.1) is 6.54 Å². The third-order valence-electron chi connectivity index (χ3n) is 4.24. The lowest BCUT2D eigenvalue weighted by Gasteiger charge is -2.26. The van der Waals surface area contributed by atoms with Crippen LogP contribution in [-0.4, -0.2) is 27.5 Å². The average molecular weight is 304 g/mol. The van der Waals surface area contributed by atoms with Crippen LogP contribution in [0.25, 0.3) is 0 Å². The van der Waals surface area contributed by atoms with Gasteiger partial charge in [-0.2, -0.15) is 0 Å². The molecule has 1 aliphatic rings. The van der Waals surface area contributed by atoms with Gasteiger partial charge in [-0.05, 0) is 50.0 Å². The molecule has 3 rings (SSSR count). The van der Waals surface area contributed by atoms with E-state index in [0.717, 1.165) is 29.5 Å². The van der Waals surface area contributed by atoms with Crippen molar-refractivity contribution in [3.63, 3.8) is 0 Å². The zero-order valence-electron chi connectivity index (χ0n) is 12.6. The summed E-state index contributed by atoms with van der Waals surface area (Å²) in [6, 6.07) is 6.49. The zero-order chi connectivity index (χ0) is 14.7. The second kappa shape index (κ2) is 6.63. The van der Waals surface area contributed by atoms with Gasteiger partial charge in [0.25, 0.3) is 0 Å². The number of imidazole rings is 1. The Hall–Kier alpha value is -1.32. The molecule has 21 heavy (non-hydrogen) atoms. The van der Waals surface area contributed by atoms with Gasteiger partial charge in [-0.25, -0.2) is 4.98 Å². The number of halogens is 1. The minimum atomic E-state index is 0.786. The van der Waals surface area contributed by atoms with Gasteiger partial charge < -0.3 is 4.57 Å². The van der Waals surface area contributed by atoms with E-state index in [2.05, 4.69) is 32.7 Å². The molecule has 112 valence electrons. The predicted octanol–water partition coefficient (Wildman–Crippen LogP) is 3.88. The van der Waals surface area contributed by atoms with E-state index < -0.39 is 0 Å². The molecule has 0 unspecified atom stereocenters. The fourth-order valence-electron chi connectivity index (χ4n) is 2.95. The van der Waals surface area contributed by atoms with Crippen LogP contribution in [0.1, 0.15) is 36.2 Å². The highest BCUT2D eigenvalue weighted by molar-refractivity contribution is 6.31. The Kier molecular flexibility index (Phi) is 4.61. The molecule has 4 heteroatoms. The van der Waals surface area contributed by atoms with Gasteiger partial charge in [-0.1, -0.05) is 30.2 Å². The number of aryl methyl sites for hydroxylation is 1. The molecule has 3 nitrogen and oxygen atoms in total. The number of likely N-dealkylation sites (tertiary alicyclic amines) is 1. The largest absolute Gasteiger partial charge is 0.331 e. The molecule has 2 heterocycles. The van der Waals surface area contributed by atoms with Crippen LogP contribution in [0.3, 0.4) is 0 Å². The number of benzene rings is 1. The maximum atomic E-state index is 6.46. The second-order valence-corrected chi connectivity index (χ2v) is 6.27. The van der Waals surface area contributed by atoms with Gasteiger partial charge in [-0.3, -0.25) is 4.90 Å². The number of piperidine rings is 1. The molecule has 1 aromatic heterocycles. The number of hydrogen-bond acceptors (Lipinski definition) is 2. The maximum absolute atomic E-state index is 6.46. The Labute approximate surface area is 131 Å². The summed E-state index contributed by atoms with van der Waals surface area (Å²) in [4.78, 5) is 6.77. The van der Waals surface area contributed by atoms with E-state index in [1.54, 1.807) is 0 Å². The summed E-state index contributed by atoms with van der Waals surface area (Å²) in [6.07, 6.45) is 7.85. The van der Waals surface area contributed by atoms with Crippen LogP contribution < -0.4 is 0 Å². The molecule has 1 saturated heterocycles. The lowest BCUT2D eigenvalue weighted by Crippen LogP contribution is -2.29. The minimum absolute atomic E-state index is 0.786. The normalized spacial score (nSPS) is 16.3. The highest BCUT2D eigenvalue weighted by Gasteiger charge is 2.11. The summed E-state index contributed by atoms with van der Waals surface area (Å²) in [5, 5.41) is 0.859. The molecule has 0 bridgehead atoms. The third-order valence-corrected chi connectivity index (χ3v) is 4.59. The van der Waals surface area contributed by atoms with Gasteiger partial charge in [0, 0.05) is 24.0 Å². The summed E-state index contributed by atoms with van der Waals surface area (Å²) >= 11 is 6.46. The standard InChI is InChI=1S/C17H22ClN3/c1-14-19-7-10-21(14)13-16-6-5-15(11-17(16)18)12-20-8-3-2-4-9-20/h5-7,10-11H,2-4,8-9,12-13H2,1H3. The van der Waals surface area contributed by atoms with E-state index in [1.807, 2.05) is 19.3 Å². The van der Waals surface area contributed by atoms with Crippen molar-refractivity contribution in [1.82, 2.24) is 14.5 Å². The van der Waals surface area contributed by atoms with Crippen LogP contribution in [0.15, 0.2) is 30.6 Å². The van der Waals surface area contributed by atoms with Crippen molar-refractivity contribution in [1.29, 1.82) is 0 Å². The second-order valence-electron chi connectivity index (χ2n) is 5.86. The van der Waals surface area contributed by atoms with Crippen molar-refractivity contribution < 1.29 is 0 Å². The van der Waals surface area contributed by atoms with Crippen molar-refractivity contribution in [2.75, 3.05) is 13.1 Å². The van der Waals surface area contributed by atoms with Gasteiger partial charge in [0.15, 0.2) is 0 Å². The van der Waals surface area contributed by atoms with E-state index in [4.69, 9.17) is 11.6 Å². The molecule has 0 aliphatic carbocycles. The van der Waals surface area contributed by atoms with E-state index in [1.165, 1.54) is 37.9 Å². The first kappa shape index (κ1) is 14.6. The van der Waals surface area contributed by atoms with Gasteiger partial charge in [-0.15, -0.1) is 0 Å². The smallest absolute Gasteiger partial charge is 0.105 e. The Bertz CT molecular complexity index is 600. The predicted molar refractivity (Wildman–Crippen MR) is 86.6 cm³/mol. The van der Waals surface area contributed by atoms with Crippen LogP contribution >= 0.6 is 11.6 Å². The van der Waals surface area contributed by atoms with Gasteiger partial charge in [0.1, 0.15) is 5.82 Å². The number of aromatic nitrogens is 2. The Morgan fingerprint density at radius 1 is 1.14 bits per heavy atom. The van der Waals surface area contributed by atoms with Crippen molar-refractivity contribution >= 4 is 11.6 Å². The summed E-state index contributed by atoms with van der Waals surface area (Å²) in [5.74, 6) is 1.02.